The number of aryl methyl sites for hydroxylation is 1. The lowest BCUT2D eigenvalue weighted by molar-refractivity contribution is -0.385. The lowest BCUT2D eigenvalue weighted by atomic mass is 9.89. The first-order chi connectivity index (χ1) is 16.4. The summed E-state index contributed by atoms with van der Waals surface area (Å²) in [4.78, 5) is 25.8. The van der Waals surface area contributed by atoms with Crippen molar-refractivity contribution >= 4 is 11.6 Å². The largest absolute Gasteiger partial charge is 0.493 e. The van der Waals surface area contributed by atoms with Crippen molar-refractivity contribution in [1.82, 2.24) is 4.90 Å². The number of nitrogens with zero attached hydrogens (tertiary/aromatic N) is 2. The highest BCUT2D eigenvalue weighted by atomic mass is 16.6. The van der Waals surface area contributed by atoms with Crippen LogP contribution >= 0.6 is 0 Å². The summed E-state index contributed by atoms with van der Waals surface area (Å²) in [6, 6.07) is 19.1. The number of carbonyl (C=O) groups excluding carboxylic acids is 1. The van der Waals surface area contributed by atoms with Gasteiger partial charge in [0.2, 0.25) is 6.10 Å². The Hall–Kier alpha value is -4.07. The molecule has 3 aromatic carbocycles. The van der Waals surface area contributed by atoms with E-state index in [1.165, 1.54) is 12.1 Å². The minimum absolute atomic E-state index is 0.0219. The van der Waals surface area contributed by atoms with Crippen LogP contribution in [0.25, 0.3) is 0 Å². The molecule has 176 valence electrons. The molecule has 2 atom stereocenters. The minimum Gasteiger partial charge on any atom is -0.493 e. The Labute approximate surface area is 197 Å². The van der Waals surface area contributed by atoms with Crippen LogP contribution in [-0.4, -0.2) is 42.6 Å². The summed E-state index contributed by atoms with van der Waals surface area (Å²) in [7, 11) is 3.15. The van der Waals surface area contributed by atoms with E-state index in [1.54, 1.807) is 31.3 Å². The van der Waals surface area contributed by atoms with Crippen molar-refractivity contribution in [3.63, 3.8) is 0 Å². The predicted octanol–water partition coefficient (Wildman–Crippen LogP) is 4.49. The zero-order valence-electron chi connectivity index (χ0n) is 19.3. The number of ether oxygens (including phenoxy) is 3. The topological polar surface area (TPSA) is 91.1 Å². The maximum Gasteiger partial charge on any atom is 0.269 e. The van der Waals surface area contributed by atoms with Gasteiger partial charge in [-0.15, -0.1) is 0 Å². The normalized spacial score (nSPS) is 17.1. The van der Waals surface area contributed by atoms with Crippen LogP contribution in [0, 0.1) is 17.0 Å². The second-order valence-corrected chi connectivity index (χ2v) is 8.07. The van der Waals surface area contributed by atoms with Gasteiger partial charge in [0.05, 0.1) is 19.1 Å². The van der Waals surface area contributed by atoms with Gasteiger partial charge in [-0.2, -0.15) is 0 Å². The highest BCUT2D eigenvalue weighted by Crippen LogP contribution is 2.39. The Balaban J connectivity index is 1.59. The maximum atomic E-state index is 13.1. The number of likely N-dealkylation sites (tertiary alicyclic amines) is 1. The molecule has 0 aliphatic carbocycles. The van der Waals surface area contributed by atoms with Gasteiger partial charge >= 0.3 is 0 Å². The molecule has 0 spiro atoms. The van der Waals surface area contributed by atoms with Gasteiger partial charge in [0.1, 0.15) is 11.8 Å². The Morgan fingerprint density at radius 1 is 0.941 bits per heavy atom. The molecule has 1 aliphatic heterocycles. The lowest BCUT2D eigenvalue weighted by Crippen LogP contribution is -2.61. The van der Waals surface area contributed by atoms with E-state index in [1.807, 2.05) is 49.4 Å². The van der Waals surface area contributed by atoms with E-state index in [-0.39, 0.29) is 11.6 Å². The number of hydrogen-bond donors (Lipinski definition) is 0. The summed E-state index contributed by atoms with van der Waals surface area (Å²) in [6.07, 6.45) is -0.178. The third-order valence-electron chi connectivity index (χ3n) is 6.01. The van der Waals surface area contributed by atoms with Crippen LogP contribution in [0.5, 0.6) is 17.2 Å². The van der Waals surface area contributed by atoms with Gasteiger partial charge in [0, 0.05) is 18.7 Å². The smallest absolute Gasteiger partial charge is 0.269 e. The molecule has 0 unspecified atom stereocenters. The molecule has 1 aliphatic rings. The molecule has 0 bridgehead atoms. The first-order valence-electron chi connectivity index (χ1n) is 10.9. The quantitative estimate of drug-likeness (QED) is 0.264. The highest BCUT2D eigenvalue weighted by Gasteiger charge is 2.50. The Kier molecular flexibility index (Phi) is 6.67. The fourth-order valence-corrected chi connectivity index (χ4v) is 4.17. The van der Waals surface area contributed by atoms with Gasteiger partial charge in [-0.1, -0.05) is 36.4 Å². The Morgan fingerprint density at radius 3 is 2.41 bits per heavy atom. The number of nitro benzene ring substituents is 1. The van der Waals surface area contributed by atoms with E-state index >= 15 is 0 Å². The monoisotopic (exact) mass is 462 g/mol. The second kappa shape index (κ2) is 9.82. The van der Waals surface area contributed by atoms with Crippen molar-refractivity contribution in [2.24, 2.45) is 0 Å². The summed E-state index contributed by atoms with van der Waals surface area (Å²) >= 11 is 0. The van der Waals surface area contributed by atoms with E-state index < -0.39 is 17.1 Å². The number of non-ortho nitro benzene ring substituents is 1. The van der Waals surface area contributed by atoms with Crippen molar-refractivity contribution in [3.8, 4) is 17.2 Å². The van der Waals surface area contributed by atoms with Crippen LogP contribution in [0.15, 0.2) is 66.7 Å². The molecular formula is C26H26N2O6. The molecule has 1 heterocycles. The molecule has 1 fully saturated rings. The molecule has 8 heteroatoms. The molecular weight excluding hydrogens is 436 g/mol. The number of amides is 1. The SMILES string of the molecule is COc1ccc(CCN2C(=O)[C@H](Oc3ccccc3C)[C@H]2c2cccc([N+](=O)[O-])c2)cc1OC. The van der Waals surface area contributed by atoms with Crippen LogP contribution in [0.2, 0.25) is 0 Å². The van der Waals surface area contributed by atoms with Crippen molar-refractivity contribution in [1.29, 1.82) is 0 Å². The fraction of sp³-hybridized carbons (Fsp3) is 0.269. The summed E-state index contributed by atoms with van der Waals surface area (Å²) in [5.41, 5.74) is 2.54. The molecule has 0 N–H and O–H groups in total. The van der Waals surface area contributed by atoms with Gasteiger partial charge < -0.3 is 19.1 Å². The molecule has 8 nitrogen and oxygen atoms in total. The van der Waals surface area contributed by atoms with Crippen LogP contribution in [0.3, 0.4) is 0 Å². The van der Waals surface area contributed by atoms with Gasteiger partial charge in [0.25, 0.3) is 11.6 Å². The third-order valence-corrected chi connectivity index (χ3v) is 6.01. The number of methoxy groups -OCH3 is 2. The molecule has 0 aromatic heterocycles. The van der Waals surface area contributed by atoms with E-state index in [2.05, 4.69) is 0 Å². The third kappa shape index (κ3) is 4.52. The van der Waals surface area contributed by atoms with E-state index in [4.69, 9.17) is 14.2 Å². The average Bonchev–Trinajstić information content (AvgIpc) is 2.85. The van der Waals surface area contributed by atoms with Crippen LogP contribution in [0.1, 0.15) is 22.7 Å². The van der Waals surface area contributed by atoms with Crippen molar-refractivity contribution in [2.45, 2.75) is 25.5 Å². The van der Waals surface area contributed by atoms with Crippen LogP contribution < -0.4 is 14.2 Å². The molecule has 1 saturated heterocycles. The maximum absolute atomic E-state index is 13.1. The molecule has 0 saturated carbocycles. The predicted molar refractivity (Wildman–Crippen MR) is 126 cm³/mol. The minimum atomic E-state index is -0.756. The van der Waals surface area contributed by atoms with Crippen LogP contribution in [-0.2, 0) is 11.2 Å². The average molecular weight is 463 g/mol. The van der Waals surface area contributed by atoms with Crippen LogP contribution in [0.4, 0.5) is 5.69 Å². The van der Waals surface area contributed by atoms with Gasteiger partial charge in [0.15, 0.2) is 11.5 Å². The Bertz CT molecular complexity index is 1210. The van der Waals surface area contributed by atoms with E-state index in [0.29, 0.717) is 35.8 Å². The van der Waals surface area contributed by atoms with E-state index in [9.17, 15) is 14.9 Å². The number of para-hydroxylation sites is 1. The van der Waals surface area contributed by atoms with Crippen molar-refractivity contribution in [2.75, 3.05) is 20.8 Å². The highest BCUT2D eigenvalue weighted by molar-refractivity contribution is 5.89. The van der Waals surface area contributed by atoms with Gasteiger partial charge in [-0.3, -0.25) is 14.9 Å². The number of nitro groups is 1. The number of rotatable bonds is 9. The van der Waals surface area contributed by atoms with Gasteiger partial charge in [-0.05, 0) is 48.2 Å². The fourth-order valence-electron chi connectivity index (χ4n) is 4.17. The molecule has 4 rings (SSSR count). The first-order valence-corrected chi connectivity index (χ1v) is 10.9. The van der Waals surface area contributed by atoms with Crippen molar-refractivity contribution in [3.05, 3.63) is 93.5 Å². The number of hydrogen-bond acceptors (Lipinski definition) is 6. The van der Waals surface area contributed by atoms with E-state index in [0.717, 1.165) is 11.1 Å². The molecule has 3 aromatic rings. The first kappa shape index (κ1) is 23.1. The summed E-state index contributed by atoms with van der Waals surface area (Å²) in [5.74, 6) is 1.72. The zero-order valence-corrected chi connectivity index (χ0v) is 19.3. The summed E-state index contributed by atoms with van der Waals surface area (Å²) < 4.78 is 16.8. The lowest BCUT2D eigenvalue weighted by Gasteiger charge is -2.47. The molecule has 0 radical (unpaired) electrons. The molecule has 34 heavy (non-hydrogen) atoms. The number of benzene rings is 3. The molecule has 1 amide bonds. The standard InChI is InChI=1S/C26H26N2O6/c1-17-7-4-5-10-21(17)34-25-24(19-8-6-9-20(16-19)28(30)31)27(26(25)29)14-13-18-11-12-22(32-2)23(15-18)33-3/h4-12,15-16,24-25H,13-14H2,1-3H3/t24-,25-/m1/s1. The summed E-state index contributed by atoms with van der Waals surface area (Å²) in [6.45, 7) is 2.34. The summed E-state index contributed by atoms with van der Waals surface area (Å²) in [5, 5.41) is 11.3. The van der Waals surface area contributed by atoms with Gasteiger partial charge in [-0.25, -0.2) is 0 Å². The van der Waals surface area contributed by atoms with Crippen molar-refractivity contribution < 1.29 is 23.9 Å². The number of carbonyl (C=O) groups is 1. The Morgan fingerprint density at radius 2 is 1.71 bits per heavy atom. The second-order valence-electron chi connectivity index (χ2n) is 8.07. The zero-order chi connectivity index (χ0) is 24.2. The number of β-lactam (4-membered cyclic amide) rings is 1.